The molecule has 142 valence electrons. The molecule has 2 aliphatic heterocycles. The van der Waals surface area contributed by atoms with Crippen molar-refractivity contribution in [2.24, 2.45) is 0 Å². The molecular weight excluding hydrogens is 368 g/mol. The van der Waals surface area contributed by atoms with Crippen molar-refractivity contribution in [2.75, 3.05) is 45.3 Å². The van der Waals surface area contributed by atoms with Gasteiger partial charge < -0.3 is 19.1 Å². The molecule has 0 radical (unpaired) electrons. The molecule has 1 fully saturated rings. The van der Waals surface area contributed by atoms with Crippen LogP contribution in [0.15, 0.2) is 36.4 Å². The molecule has 1 unspecified atom stereocenters. The molecule has 7 heteroatoms. The predicted octanol–water partition coefficient (Wildman–Crippen LogP) is 3.35. The third kappa shape index (κ3) is 3.19. The number of hydrogen-bond acceptors (Lipinski definition) is 6. The number of nitrogens with zero attached hydrogens (tertiary/aromatic N) is 2. The highest BCUT2D eigenvalue weighted by Crippen LogP contribution is 2.43. The number of benzene rings is 2. The van der Waals surface area contributed by atoms with E-state index in [1.54, 1.807) is 7.11 Å². The first-order valence-corrected chi connectivity index (χ1v) is 9.20. The Hall–Kier alpha value is -2.44. The van der Waals surface area contributed by atoms with E-state index in [0.29, 0.717) is 17.1 Å². The lowest BCUT2D eigenvalue weighted by Gasteiger charge is -2.38. The summed E-state index contributed by atoms with van der Waals surface area (Å²) in [5, 5.41) is 0.731. The fourth-order valence-electron chi connectivity index (χ4n) is 3.74. The van der Waals surface area contributed by atoms with Gasteiger partial charge in [-0.3, -0.25) is 4.90 Å². The van der Waals surface area contributed by atoms with Gasteiger partial charge in [-0.1, -0.05) is 17.7 Å². The molecule has 0 aromatic heterocycles. The molecule has 1 saturated heterocycles. The minimum atomic E-state index is -0.395. The molecule has 2 heterocycles. The first-order valence-electron chi connectivity index (χ1n) is 8.83. The van der Waals surface area contributed by atoms with Gasteiger partial charge in [0.25, 0.3) is 0 Å². The molecule has 0 bridgehead atoms. The van der Waals surface area contributed by atoms with Gasteiger partial charge in [-0.25, -0.2) is 4.79 Å². The van der Waals surface area contributed by atoms with E-state index in [4.69, 9.17) is 25.8 Å². The smallest absolute Gasteiger partial charge is 0.344 e. The van der Waals surface area contributed by atoms with Gasteiger partial charge >= 0.3 is 5.97 Å². The number of esters is 1. The summed E-state index contributed by atoms with van der Waals surface area (Å²) in [6.07, 6.45) is -0.395. The second-order valence-electron chi connectivity index (χ2n) is 6.53. The lowest BCUT2D eigenvalue weighted by Crippen LogP contribution is -2.47. The largest absolute Gasteiger partial charge is 0.493 e. The van der Waals surface area contributed by atoms with Crippen LogP contribution in [-0.2, 0) is 4.74 Å². The van der Waals surface area contributed by atoms with Crippen LogP contribution in [0.4, 0.5) is 5.69 Å². The van der Waals surface area contributed by atoms with Crippen molar-refractivity contribution in [3.8, 4) is 11.5 Å². The monoisotopic (exact) mass is 388 g/mol. The van der Waals surface area contributed by atoms with Crippen molar-refractivity contribution in [2.45, 2.75) is 6.23 Å². The first kappa shape index (κ1) is 17.9. The summed E-state index contributed by atoms with van der Waals surface area (Å²) < 4.78 is 16.4. The molecule has 0 amide bonds. The van der Waals surface area contributed by atoms with Gasteiger partial charge in [0.05, 0.1) is 14.2 Å². The van der Waals surface area contributed by atoms with Crippen molar-refractivity contribution in [1.82, 2.24) is 4.90 Å². The zero-order valence-electron chi connectivity index (χ0n) is 15.3. The highest BCUT2D eigenvalue weighted by atomic mass is 35.5. The number of carbonyl (C=O) groups excluding carboxylic acids is 1. The number of methoxy groups -OCH3 is 2. The van der Waals surface area contributed by atoms with Crippen LogP contribution in [0.25, 0.3) is 0 Å². The Morgan fingerprint density at radius 3 is 2.52 bits per heavy atom. The van der Waals surface area contributed by atoms with Crippen molar-refractivity contribution < 1.29 is 19.0 Å². The Labute approximate surface area is 163 Å². The van der Waals surface area contributed by atoms with E-state index in [1.807, 2.05) is 30.3 Å². The van der Waals surface area contributed by atoms with Crippen LogP contribution in [0.3, 0.4) is 0 Å². The standard InChI is InChI=1S/C20H21ClN2O4/c1-25-16-7-6-15-17(18(16)26-2)20(24)27-19(15)23-10-8-22(9-11-23)14-5-3-4-13(21)12-14/h3-7,12,19H,8-11H2,1-2H3. The zero-order chi connectivity index (χ0) is 19.0. The number of fused-ring (bicyclic) bond motifs is 1. The quantitative estimate of drug-likeness (QED) is 0.749. The maximum Gasteiger partial charge on any atom is 0.344 e. The van der Waals surface area contributed by atoms with Crippen LogP contribution in [0, 0.1) is 0 Å². The van der Waals surface area contributed by atoms with Gasteiger partial charge in [-0.15, -0.1) is 0 Å². The van der Waals surface area contributed by atoms with E-state index < -0.39 is 6.23 Å². The summed E-state index contributed by atoms with van der Waals surface area (Å²) in [6.45, 7) is 3.21. The minimum absolute atomic E-state index is 0.372. The van der Waals surface area contributed by atoms with E-state index in [1.165, 1.54) is 7.11 Å². The molecule has 2 aromatic rings. The van der Waals surface area contributed by atoms with Gasteiger partial charge in [0.1, 0.15) is 5.56 Å². The Balaban J connectivity index is 1.53. The van der Waals surface area contributed by atoms with Crippen molar-refractivity contribution in [3.63, 3.8) is 0 Å². The normalized spacial score (nSPS) is 19.6. The Morgan fingerprint density at radius 1 is 1.07 bits per heavy atom. The third-order valence-electron chi connectivity index (χ3n) is 5.09. The summed E-state index contributed by atoms with van der Waals surface area (Å²) in [5.41, 5.74) is 2.39. The van der Waals surface area contributed by atoms with E-state index >= 15 is 0 Å². The van der Waals surface area contributed by atoms with E-state index in [2.05, 4.69) is 15.9 Å². The van der Waals surface area contributed by atoms with Gasteiger partial charge in [-0.2, -0.15) is 0 Å². The summed E-state index contributed by atoms with van der Waals surface area (Å²) in [6, 6.07) is 11.6. The molecule has 6 nitrogen and oxygen atoms in total. The van der Waals surface area contributed by atoms with Crippen LogP contribution >= 0.6 is 11.6 Å². The number of carbonyl (C=O) groups is 1. The molecule has 27 heavy (non-hydrogen) atoms. The van der Waals surface area contributed by atoms with Crippen LogP contribution in [-0.4, -0.2) is 51.3 Å². The Bertz CT molecular complexity index is 865. The van der Waals surface area contributed by atoms with Crippen LogP contribution in [0.1, 0.15) is 22.1 Å². The Kier molecular flexibility index (Phi) is 4.85. The highest BCUT2D eigenvalue weighted by molar-refractivity contribution is 6.30. The van der Waals surface area contributed by atoms with Crippen molar-refractivity contribution >= 4 is 23.3 Å². The van der Waals surface area contributed by atoms with Gasteiger partial charge in [0.15, 0.2) is 17.7 Å². The third-order valence-corrected chi connectivity index (χ3v) is 5.32. The lowest BCUT2D eigenvalue weighted by atomic mass is 10.1. The van der Waals surface area contributed by atoms with Crippen molar-refractivity contribution in [3.05, 3.63) is 52.5 Å². The van der Waals surface area contributed by atoms with Gasteiger partial charge in [0, 0.05) is 42.5 Å². The molecule has 2 aromatic carbocycles. The summed E-state index contributed by atoms with van der Waals surface area (Å²) in [5.74, 6) is 0.586. The Morgan fingerprint density at radius 2 is 1.85 bits per heavy atom. The molecular formula is C20H21ClN2O4. The number of hydrogen-bond donors (Lipinski definition) is 0. The summed E-state index contributed by atoms with van der Waals surface area (Å²) in [7, 11) is 3.08. The van der Waals surface area contributed by atoms with Crippen LogP contribution in [0.5, 0.6) is 11.5 Å². The molecule has 4 rings (SSSR count). The second-order valence-corrected chi connectivity index (χ2v) is 6.96. The molecule has 2 aliphatic rings. The van der Waals surface area contributed by atoms with Crippen LogP contribution in [0.2, 0.25) is 5.02 Å². The lowest BCUT2D eigenvalue weighted by molar-refractivity contribution is -0.0251. The fraction of sp³-hybridized carbons (Fsp3) is 0.350. The average molecular weight is 389 g/mol. The summed E-state index contributed by atoms with van der Waals surface area (Å²) >= 11 is 6.11. The number of halogens is 1. The van der Waals surface area contributed by atoms with E-state index in [-0.39, 0.29) is 5.97 Å². The number of ether oxygens (including phenoxy) is 3. The van der Waals surface area contributed by atoms with Gasteiger partial charge in [-0.05, 0) is 30.3 Å². The first-order chi connectivity index (χ1) is 13.1. The highest BCUT2D eigenvalue weighted by Gasteiger charge is 2.39. The van der Waals surface area contributed by atoms with Gasteiger partial charge in [0.2, 0.25) is 0 Å². The number of piperazine rings is 1. The summed E-state index contributed by atoms with van der Waals surface area (Å²) in [4.78, 5) is 16.9. The molecule has 0 aliphatic carbocycles. The van der Waals surface area contributed by atoms with Crippen LogP contribution < -0.4 is 14.4 Å². The maximum atomic E-state index is 12.5. The number of rotatable bonds is 4. The predicted molar refractivity (Wildman–Crippen MR) is 103 cm³/mol. The molecule has 0 N–H and O–H groups in total. The number of cyclic esters (lactones) is 1. The average Bonchev–Trinajstić information content (AvgIpc) is 3.04. The second kappa shape index (κ2) is 7.29. The molecule has 0 spiro atoms. The topological polar surface area (TPSA) is 51.2 Å². The van der Waals surface area contributed by atoms with E-state index in [9.17, 15) is 4.79 Å². The van der Waals surface area contributed by atoms with Crippen molar-refractivity contribution in [1.29, 1.82) is 0 Å². The SMILES string of the molecule is COc1ccc2c(c1OC)C(=O)OC2N1CCN(c2cccc(Cl)c2)CC1. The van der Waals surface area contributed by atoms with E-state index in [0.717, 1.165) is 42.5 Å². The maximum absolute atomic E-state index is 12.5. The molecule has 0 saturated carbocycles. The minimum Gasteiger partial charge on any atom is -0.493 e. The zero-order valence-corrected chi connectivity index (χ0v) is 16.0. The molecule has 1 atom stereocenters. The fourth-order valence-corrected chi connectivity index (χ4v) is 3.93. The number of anilines is 1.